The molecule has 8 heteroatoms. The molecule has 0 radical (unpaired) electrons. The van der Waals surface area contributed by atoms with E-state index in [0.717, 1.165) is 22.0 Å². The third kappa shape index (κ3) is 6.30. The number of hydrogen-bond donors (Lipinski definition) is 1. The molecular formula is C27H33I2NO5. The van der Waals surface area contributed by atoms with Gasteiger partial charge in [0.25, 0.3) is 0 Å². The lowest BCUT2D eigenvalue weighted by molar-refractivity contribution is -0.0732. The van der Waals surface area contributed by atoms with E-state index in [1.807, 2.05) is 22.6 Å². The molecule has 0 unspecified atom stereocenters. The summed E-state index contributed by atoms with van der Waals surface area (Å²) in [6.07, 6.45) is 1.37. The third-order valence-corrected chi connectivity index (χ3v) is 8.40. The van der Waals surface area contributed by atoms with Crippen LogP contribution >= 0.6 is 45.2 Å². The Morgan fingerprint density at radius 1 is 1.00 bits per heavy atom. The number of hydrogen-bond acceptors (Lipinski definition) is 6. The van der Waals surface area contributed by atoms with Crippen LogP contribution in [0.2, 0.25) is 0 Å². The highest BCUT2D eigenvalue weighted by Gasteiger charge is 2.44. The van der Waals surface area contributed by atoms with E-state index in [1.165, 1.54) is 0 Å². The Bertz CT molecular complexity index is 1110. The molecule has 2 aromatic carbocycles. The second kappa shape index (κ2) is 10.2. The van der Waals surface area contributed by atoms with Crippen molar-refractivity contribution in [1.29, 1.82) is 0 Å². The van der Waals surface area contributed by atoms with Crippen molar-refractivity contribution >= 4 is 57.1 Å². The van der Waals surface area contributed by atoms with Gasteiger partial charge in [-0.3, -0.25) is 4.90 Å². The van der Waals surface area contributed by atoms with Crippen LogP contribution in [-0.2, 0) is 15.1 Å². The summed E-state index contributed by atoms with van der Waals surface area (Å²) in [5.41, 5.74) is 0.180. The Balaban J connectivity index is 1.71. The van der Waals surface area contributed by atoms with Crippen LogP contribution in [0.1, 0.15) is 80.7 Å². The summed E-state index contributed by atoms with van der Waals surface area (Å²) < 4.78 is 13.1. The number of halogens is 2. The molecule has 0 saturated carbocycles. The molecule has 1 heterocycles. The van der Waals surface area contributed by atoms with E-state index in [2.05, 4.69) is 62.2 Å². The van der Waals surface area contributed by atoms with E-state index >= 15 is 0 Å². The number of rotatable bonds is 5. The van der Waals surface area contributed by atoms with Crippen LogP contribution in [0.3, 0.4) is 0 Å². The van der Waals surface area contributed by atoms with Gasteiger partial charge in [0.15, 0.2) is 0 Å². The van der Waals surface area contributed by atoms with Crippen LogP contribution in [0, 0.1) is 7.14 Å². The molecule has 6 nitrogen and oxygen atoms in total. The fourth-order valence-corrected chi connectivity index (χ4v) is 6.50. The first-order valence-electron chi connectivity index (χ1n) is 11.5. The van der Waals surface area contributed by atoms with E-state index in [1.54, 1.807) is 50.2 Å². The molecule has 35 heavy (non-hydrogen) atoms. The van der Waals surface area contributed by atoms with Gasteiger partial charge in [-0.15, -0.1) is 0 Å². The standard InChI is InChI=1S/C27H33I2NO5/c1-25(2)14-19(15-26(3,4)30(25)7)34-23(32)16-8-10-17(11-9-16)27(5,6)35-24(33)20-12-18(28)13-21(29)22(20)31/h8-13,19,31H,14-15H2,1-7H3. The number of phenols is 1. The normalized spacial score (nSPS) is 18.2. The lowest BCUT2D eigenvalue weighted by Crippen LogP contribution is -2.60. The molecule has 2 aromatic rings. The molecule has 1 aliphatic rings. The van der Waals surface area contributed by atoms with Crippen molar-refractivity contribution in [2.45, 2.75) is 77.2 Å². The largest absolute Gasteiger partial charge is 0.506 e. The van der Waals surface area contributed by atoms with Crippen LogP contribution in [-0.4, -0.2) is 46.2 Å². The summed E-state index contributed by atoms with van der Waals surface area (Å²) in [5, 5.41) is 10.3. The number of aromatic hydroxyl groups is 1. The SMILES string of the molecule is CN1C(C)(C)CC(OC(=O)c2ccc(C(C)(C)OC(=O)c3cc(I)cc(I)c3O)cc2)CC1(C)C. The Kier molecular flexibility index (Phi) is 8.18. The van der Waals surface area contributed by atoms with Crippen molar-refractivity contribution in [3.05, 3.63) is 60.2 Å². The van der Waals surface area contributed by atoms with Gasteiger partial charge >= 0.3 is 11.9 Å². The minimum atomic E-state index is -0.972. The van der Waals surface area contributed by atoms with E-state index < -0.39 is 11.6 Å². The number of phenolic OH excluding ortho intramolecular Hbond substituents is 1. The minimum absolute atomic E-state index is 0.0756. The number of piperidine rings is 1. The van der Waals surface area contributed by atoms with Crippen molar-refractivity contribution < 1.29 is 24.2 Å². The molecular weight excluding hydrogens is 672 g/mol. The second-order valence-corrected chi connectivity index (χ2v) is 13.3. The highest BCUT2D eigenvalue weighted by Crippen LogP contribution is 2.38. The lowest BCUT2D eigenvalue weighted by atomic mass is 9.79. The number of likely N-dealkylation sites (tertiary alicyclic amines) is 1. The first-order valence-corrected chi connectivity index (χ1v) is 13.7. The van der Waals surface area contributed by atoms with Gasteiger partial charge in [-0.1, -0.05) is 12.1 Å². The summed E-state index contributed by atoms with van der Waals surface area (Å²) in [5.74, 6) is -1.06. The maximum atomic E-state index is 12.9. The molecule has 0 aromatic heterocycles. The Morgan fingerprint density at radius 2 is 1.54 bits per heavy atom. The maximum absolute atomic E-state index is 12.9. The van der Waals surface area contributed by atoms with Gasteiger partial charge in [-0.05, 0) is 124 Å². The number of ether oxygens (including phenoxy) is 2. The fourth-order valence-electron chi connectivity index (χ4n) is 4.66. The molecule has 0 atom stereocenters. The highest BCUT2D eigenvalue weighted by molar-refractivity contribution is 14.1. The van der Waals surface area contributed by atoms with Crippen LogP contribution in [0.4, 0.5) is 0 Å². The van der Waals surface area contributed by atoms with E-state index in [4.69, 9.17) is 9.47 Å². The Labute approximate surface area is 235 Å². The van der Waals surface area contributed by atoms with E-state index in [9.17, 15) is 14.7 Å². The van der Waals surface area contributed by atoms with Gasteiger partial charge < -0.3 is 14.6 Å². The number of esters is 2. The van der Waals surface area contributed by atoms with Crippen LogP contribution in [0.5, 0.6) is 5.75 Å². The average Bonchev–Trinajstić information content (AvgIpc) is 2.73. The summed E-state index contributed by atoms with van der Waals surface area (Å²) in [4.78, 5) is 28.1. The number of benzene rings is 2. The molecule has 0 aliphatic carbocycles. The smallest absolute Gasteiger partial charge is 0.342 e. The lowest BCUT2D eigenvalue weighted by Gasteiger charge is -2.53. The quantitative estimate of drug-likeness (QED) is 0.283. The van der Waals surface area contributed by atoms with Gasteiger partial charge in [0.1, 0.15) is 23.0 Å². The van der Waals surface area contributed by atoms with Crippen molar-refractivity contribution in [2.75, 3.05) is 7.05 Å². The minimum Gasteiger partial charge on any atom is -0.506 e. The molecule has 1 N–H and O–H groups in total. The molecule has 0 spiro atoms. The molecule has 0 bridgehead atoms. The summed E-state index contributed by atoms with van der Waals surface area (Å²) >= 11 is 4.08. The molecule has 1 saturated heterocycles. The van der Waals surface area contributed by atoms with Crippen molar-refractivity contribution in [3.63, 3.8) is 0 Å². The molecule has 1 aliphatic heterocycles. The summed E-state index contributed by atoms with van der Waals surface area (Å²) in [7, 11) is 2.12. The molecule has 190 valence electrons. The molecule has 0 amide bonds. The second-order valence-electron chi connectivity index (χ2n) is 10.9. The van der Waals surface area contributed by atoms with Gasteiger partial charge in [0.05, 0.1) is 9.13 Å². The first kappa shape index (κ1) is 28.2. The van der Waals surface area contributed by atoms with Gasteiger partial charge in [-0.25, -0.2) is 9.59 Å². The van der Waals surface area contributed by atoms with Crippen molar-refractivity contribution in [1.82, 2.24) is 4.90 Å². The Morgan fingerprint density at radius 3 is 2.09 bits per heavy atom. The zero-order valence-electron chi connectivity index (χ0n) is 21.2. The fraction of sp³-hybridized carbons (Fsp3) is 0.481. The van der Waals surface area contributed by atoms with E-state index in [-0.39, 0.29) is 34.5 Å². The van der Waals surface area contributed by atoms with Gasteiger partial charge in [0, 0.05) is 27.5 Å². The van der Waals surface area contributed by atoms with Crippen molar-refractivity contribution in [3.8, 4) is 5.75 Å². The predicted molar refractivity (Wildman–Crippen MR) is 153 cm³/mol. The van der Waals surface area contributed by atoms with Crippen LogP contribution in [0.25, 0.3) is 0 Å². The van der Waals surface area contributed by atoms with Gasteiger partial charge in [-0.2, -0.15) is 0 Å². The summed E-state index contributed by atoms with van der Waals surface area (Å²) in [6.45, 7) is 12.2. The third-order valence-electron chi connectivity index (χ3n) is 6.96. The van der Waals surface area contributed by atoms with Gasteiger partial charge in [0.2, 0.25) is 0 Å². The topological polar surface area (TPSA) is 76.1 Å². The zero-order chi connectivity index (χ0) is 26.3. The zero-order valence-corrected chi connectivity index (χ0v) is 25.6. The van der Waals surface area contributed by atoms with E-state index in [0.29, 0.717) is 9.13 Å². The summed E-state index contributed by atoms with van der Waals surface area (Å²) in [6, 6.07) is 10.3. The predicted octanol–water partition coefficient (Wildman–Crippen LogP) is 6.50. The van der Waals surface area contributed by atoms with Crippen LogP contribution in [0.15, 0.2) is 36.4 Å². The Hall–Kier alpha value is -1.40. The van der Waals surface area contributed by atoms with Crippen LogP contribution < -0.4 is 0 Å². The number of carbonyl (C=O) groups excluding carboxylic acids is 2. The molecule has 1 fully saturated rings. The van der Waals surface area contributed by atoms with Crippen molar-refractivity contribution in [2.24, 2.45) is 0 Å². The maximum Gasteiger partial charge on any atom is 0.342 e. The highest BCUT2D eigenvalue weighted by atomic mass is 127. The average molecular weight is 705 g/mol. The first-order chi connectivity index (χ1) is 16.0. The number of nitrogens with zero attached hydrogens (tertiary/aromatic N) is 1. The monoisotopic (exact) mass is 705 g/mol. The molecule has 3 rings (SSSR count). The number of carbonyl (C=O) groups is 2.